The van der Waals surface area contributed by atoms with Crippen molar-refractivity contribution in [1.82, 2.24) is 0 Å². The lowest BCUT2D eigenvalue weighted by Gasteiger charge is -2.48. The van der Waals surface area contributed by atoms with Crippen molar-refractivity contribution in [3.05, 3.63) is 22.8 Å². The van der Waals surface area contributed by atoms with Crippen LogP contribution in [0.4, 0.5) is 0 Å². The standard InChI is InChI=1S/C20H30O/c1-19(2)10-8-14-13(12-19)4-5-16-15(14)9-11-20(3)17(16)6-7-18(20)21/h9,16-18,21H,4-8,10-12H2,1-3H3/t16-,17+,18+,20+/m1/s1. The number of allylic oxidation sites excluding steroid dienone is 4. The number of hydrogen-bond acceptors (Lipinski definition) is 1. The van der Waals surface area contributed by atoms with Crippen LogP contribution in [0.2, 0.25) is 0 Å². The van der Waals surface area contributed by atoms with Gasteiger partial charge in [0.25, 0.3) is 0 Å². The fourth-order valence-corrected chi connectivity index (χ4v) is 5.92. The molecule has 0 saturated heterocycles. The summed E-state index contributed by atoms with van der Waals surface area (Å²) in [5, 5.41) is 10.4. The molecule has 0 aromatic rings. The molecule has 4 aliphatic carbocycles. The van der Waals surface area contributed by atoms with Crippen LogP contribution in [0.5, 0.6) is 0 Å². The minimum absolute atomic E-state index is 0.0686. The van der Waals surface area contributed by atoms with Crippen molar-refractivity contribution in [2.75, 3.05) is 0 Å². The summed E-state index contributed by atoms with van der Waals surface area (Å²) in [4.78, 5) is 0. The minimum Gasteiger partial charge on any atom is -0.393 e. The second-order valence-corrected chi connectivity index (χ2v) is 9.14. The van der Waals surface area contributed by atoms with Gasteiger partial charge in [-0.2, -0.15) is 0 Å². The van der Waals surface area contributed by atoms with Gasteiger partial charge in [0.15, 0.2) is 0 Å². The van der Waals surface area contributed by atoms with Crippen LogP contribution in [-0.2, 0) is 0 Å². The fourth-order valence-electron chi connectivity index (χ4n) is 5.92. The summed E-state index contributed by atoms with van der Waals surface area (Å²) in [5.74, 6) is 1.48. The van der Waals surface area contributed by atoms with E-state index in [4.69, 9.17) is 0 Å². The average Bonchev–Trinajstić information content (AvgIpc) is 2.73. The molecule has 0 unspecified atom stereocenters. The van der Waals surface area contributed by atoms with Gasteiger partial charge in [-0.1, -0.05) is 32.4 Å². The van der Waals surface area contributed by atoms with E-state index < -0.39 is 0 Å². The molecule has 4 rings (SSSR count). The zero-order chi connectivity index (χ0) is 14.8. The highest BCUT2D eigenvalue weighted by Gasteiger charge is 2.52. The Kier molecular flexibility index (Phi) is 2.99. The molecule has 1 fully saturated rings. The molecule has 21 heavy (non-hydrogen) atoms. The first-order valence-electron chi connectivity index (χ1n) is 9.00. The number of aliphatic hydroxyl groups is 1. The molecule has 0 radical (unpaired) electrons. The summed E-state index contributed by atoms with van der Waals surface area (Å²) in [7, 11) is 0. The highest BCUT2D eigenvalue weighted by atomic mass is 16.3. The van der Waals surface area contributed by atoms with E-state index in [1.807, 2.05) is 0 Å². The Morgan fingerprint density at radius 1 is 1.10 bits per heavy atom. The molecule has 0 aliphatic heterocycles. The van der Waals surface area contributed by atoms with Gasteiger partial charge in [-0.3, -0.25) is 0 Å². The van der Waals surface area contributed by atoms with Crippen LogP contribution in [0.25, 0.3) is 0 Å². The third kappa shape index (κ3) is 2.00. The van der Waals surface area contributed by atoms with E-state index in [1.165, 1.54) is 38.5 Å². The van der Waals surface area contributed by atoms with E-state index in [-0.39, 0.29) is 11.5 Å². The smallest absolute Gasteiger partial charge is 0.0599 e. The molecule has 1 heteroatoms. The monoisotopic (exact) mass is 286 g/mol. The normalized spacial score (nSPS) is 44.8. The van der Waals surface area contributed by atoms with Crippen LogP contribution in [0.3, 0.4) is 0 Å². The lowest BCUT2D eigenvalue weighted by atomic mass is 9.57. The van der Waals surface area contributed by atoms with Crippen LogP contribution in [-0.4, -0.2) is 11.2 Å². The first-order chi connectivity index (χ1) is 9.91. The van der Waals surface area contributed by atoms with Crippen LogP contribution in [0.1, 0.15) is 72.1 Å². The quantitative estimate of drug-likeness (QED) is 0.663. The zero-order valence-electron chi connectivity index (χ0n) is 13.9. The number of fused-ring (bicyclic) bond motifs is 4. The predicted octanol–water partition coefficient (Wildman–Crippen LogP) is 5.01. The lowest BCUT2D eigenvalue weighted by Crippen LogP contribution is -2.41. The summed E-state index contributed by atoms with van der Waals surface area (Å²) < 4.78 is 0. The molecular weight excluding hydrogens is 256 g/mol. The third-order valence-electron chi connectivity index (χ3n) is 7.28. The fraction of sp³-hybridized carbons (Fsp3) is 0.800. The summed E-state index contributed by atoms with van der Waals surface area (Å²) in [6, 6.07) is 0. The topological polar surface area (TPSA) is 20.2 Å². The highest BCUT2D eigenvalue weighted by Crippen LogP contribution is 2.59. The second-order valence-electron chi connectivity index (χ2n) is 9.14. The number of rotatable bonds is 0. The number of aliphatic hydroxyl groups excluding tert-OH is 1. The van der Waals surface area contributed by atoms with Crippen molar-refractivity contribution < 1.29 is 5.11 Å². The van der Waals surface area contributed by atoms with Gasteiger partial charge in [0.2, 0.25) is 0 Å². The Hall–Kier alpha value is -0.560. The first kappa shape index (κ1) is 14.1. The Balaban J connectivity index is 1.70. The van der Waals surface area contributed by atoms with Crippen molar-refractivity contribution in [3.63, 3.8) is 0 Å². The van der Waals surface area contributed by atoms with Gasteiger partial charge in [0.05, 0.1) is 6.10 Å². The van der Waals surface area contributed by atoms with Crippen LogP contribution in [0, 0.1) is 22.7 Å². The molecule has 0 aromatic carbocycles. The van der Waals surface area contributed by atoms with Gasteiger partial charge in [-0.05, 0) is 79.8 Å². The van der Waals surface area contributed by atoms with E-state index in [2.05, 4.69) is 26.8 Å². The van der Waals surface area contributed by atoms with Crippen molar-refractivity contribution >= 4 is 0 Å². The van der Waals surface area contributed by atoms with E-state index in [9.17, 15) is 5.11 Å². The average molecular weight is 286 g/mol. The molecule has 0 heterocycles. The maximum Gasteiger partial charge on any atom is 0.0599 e. The van der Waals surface area contributed by atoms with E-state index >= 15 is 0 Å². The van der Waals surface area contributed by atoms with Crippen molar-refractivity contribution in [2.45, 2.75) is 78.2 Å². The van der Waals surface area contributed by atoms with Gasteiger partial charge in [0.1, 0.15) is 0 Å². The van der Waals surface area contributed by atoms with Gasteiger partial charge in [0, 0.05) is 5.41 Å². The second kappa shape index (κ2) is 4.47. The Morgan fingerprint density at radius 3 is 2.71 bits per heavy atom. The maximum absolute atomic E-state index is 10.4. The summed E-state index contributed by atoms with van der Waals surface area (Å²) in [6.07, 6.45) is 12.5. The molecule has 0 spiro atoms. The molecular formula is C20H30O. The molecule has 0 aromatic heterocycles. The largest absolute Gasteiger partial charge is 0.393 e. The van der Waals surface area contributed by atoms with E-state index in [0.29, 0.717) is 5.41 Å². The van der Waals surface area contributed by atoms with Crippen LogP contribution in [0.15, 0.2) is 22.8 Å². The van der Waals surface area contributed by atoms with Crippen LogP contribution >= 0.6 is 0 Å². The molecule has 1 saturated carbocycles. The zero-order valence-corrected chi connectivity index (χ0v) is 13.9. The van der Waals surface area contributed by atoms with E-state index in [1.54, 1.807) is 16.7 Å². The van der Waals surface area contributed by atoms with Crippen LogP contribution < -0.4 is 0 Å². The third-order valence-corrected chi connectivity index (χ3v) is 7.28. The van der Waals surface area contributed by atoms with Crippen molar-refractivity contribution in [1.29, 1.82) is 0 Å². The Labute approximate surface area is 129 Å². The number of hydrogen-bond donors (Lipinski definition) is 1. The van der Waals surface area contributed by atoms with Gasteiger partial charge < -0.3 is 5.11 Å². The minimum atomic E-state index is -0.0686. The molecule has 1 nitrogen and oxygen atoms in total. The van der Waals surface area contributed by atoms with Crippen molar-refractivity contribution in [3.8, 4) is 0 Å². The lowest BCUT2D eigenvalue weighted by molar-refractivity contribution is 0.0201. The summed E-state index contributed by atoms with van der Waals surface area (Å²) in [5.41, 5.74) is 5.91. The molecule has 0 bridgehead atoms. The summed E-state index contributed by atoms with van der Waals surface area (Å²) >= 11 is 0. The molecule has 4 aliphatic rings. The Bertz CT molecular complexity index is 524. The maximum atomic E-state index is 10.4. The summed E-state index contributed by atoms with van der Waals surface area (Å²) in [6.45, 7) is 7.21. The van der Waals surface area contributed by atoms with Gasteiger partial charge >= 0.3 is 0 Å². The van der Waals surface area contributed by atoms with E-state index in [0.717, 1.165) is 24.7 Å². The Morgan fingerprint density at radius 2 is 1.90 bits per heavy atom. The molecule has 116 valence electrons. The molecule has 1 N–H and O–H groups in total. The van der Waals surface area contributed by atoms with Gasteiger partial charge in [-0.15, -0.1) is 0 Å². The predicted molar refractivity (Wildman–Crippen MR) is 86.9 cm³/mol. The SMILES string of the molecule is CC1(C)CCC2=C(CC[C@@H]3C2=CC[C@]2(C)[C@@H](O)CC[C@@H]32)C1. The first-order valence-corrected chi connectivity index (χ1v) is 9.00. The molecule has 4 atom stereocenters. The molecule has 0 amide bonds. The van der Waals surface area contributed by atoms with Crippen molar-refractivity contribution in [2.24, 2.45) is 22.7 Å². The van der Waals surface area contributed by atoms with Gasteiger partial charge in [-0.25, -0.2) is 0 Å². The highest BCUT2D eigenvalue weighted by molar-refractivity contribution is 5.44.